The molecule has 1 aromatic heterocycles. The molecule has 1 atom stereocenters. The van der Waals surface area contributed by atoms with E-state index in [2.05, 4.69) is 29.2 Å². The summed E-state index contributed by atoms with van der Waals surface area (Å²) in [6.45, 7) is -0.403. The first-order valence-electron chi connectivity index (χ1n) is 11.2. The summed E-state index contributed by atoms with van der Waals surface area (Å²) in [5.41, 5.74) is 3.11. The van der Waals surface area contributed by atoms with Gasteiger partial charge in [-0.25, -0.2) is 14.8 Å². The fraction of sp³-hybridized carbons (Fsp3) is 0.143. The highest BCUT2D eigenvalue weighted by Gasteiger charge is 2.33. The van der Waals surface area contributed by atoms with E-state index < -0.39 is 12.6 Å². The third-order valence-corrected chi connectivity index (χ3v) is 6.66. The Morgan fingerprint density at radius 1 is 0.971 bits per heavy atom. The number of benzene rings is 3. The van der Waals surface area contributed by atoms with Crippen LogP contribution < -0.4 is 0 Å². The third kappa shape index (κ3) is 4.81. The number of esters is 1. The van der Waals surface area contributed by atoms with Gasteiger partial charge in [-0.1, -0.05) is 66.7 Å². The number of carbonyl (C=O) groups is 2. The van der Waals surface area contributed by atoms with E-state index in [1.165, 1.54) is 16.8 Å². The van der Waals surface area contributed by atoms with Gasteiger partial charge in [0.2, 0.25) is 0 Å². The lowest BCUT2D eigenvalue weighted by Crippen LogP contribution is -2.31. The Labute approximate surface area is 207 Å². The zero-order valence-electron chi connectivity index (χ0n) is 19.1. The molecule has 1 unspecified atom stereocenters. The molecule has 1 amide bonds. The molecule has 4 aromatic rings. The Bertz CT molecular complexity index is 1420. The van der Waals surface area contributed by atoms with Crippen molar-refractivity contribution in [2.45, 2.75) is 17.5 Å². The van der Waals surface area contributed by atoms with Gasteiger partial charge in [-0.05, 0) is 46.4 Å². The number of hydrogen-bond acceptors (Lipinski definition) is 6. The lowest BCUT2D eigenvalue weighted by atomic mass is 9.97. The second-order valence-electron chi connectivity index (χ2n) is 8.11. The maximum Gasteiger partial charge on any atom is 0.341 e. The zero-order valence-corrected chi connectivity index (χ0v) is 19.9. The number of thioether (sulfide) groups is 1. The van der Waals surface area contributed by atoms with Crippen molar-refractivity contribution < 1.29 is 14.3 Å². The van der Waals surface area contributed by atoms with Gasteiger partial charge in [-0.2, -0.15) is 5.10 Å². The van der Waals surface area contributed by atoms with Gasteiger partial charge in [0.25, 0.3) is 5.91 Å². The molecule has 0 fully saturated rings. The topological polar surface area (TPSA) is 71.9 Å². The maximum atomic E-state index is 13.2. The lowest BCUT2D eigenvalue weighted by Gasteiger charge is -2.22. The van der Waals surface area contributed by atoms with E-state index in [0.29, 0.717) is 17.0 Å². The summed E-state index contributed by atoms with van der Waals surface area (Å²) in [6, 6.07) is 27.2. The highest BCUT2D eigenvalue weighted by molar-refractivity contribution is 7.98. The van der Waals surface area contributed by atoms with Crippen LogP contribution in [0.15, 0.2) is 101 Å². The van der Waals surface area contributed by atoms with Gasteiger partial charge in [0, 0.05) is 12.6 Å². The van der Waals surface area contributed by atoms with E-state index in [1.807, 2.05) is 54.8 Å². The van der Waals surface area contributed by atoms with Crippen molar-refractivity contribution in [3.05, 3.63) is 108 Å². The van der Waals surface area contributed by atoms with Crippen molar-refractivity contribution in [1.82, 2.24) is 9.99 Å². The fourth-order valence-electron chi connectivity index (χ4n) is 4.20. The van der Waals surface area contributed by atoms with Gasteiger partial charge in [0.15, 0.2) is 6.61 Å². The largest absolute Gasteiger partial charge is 0.452 e. The van der Waals surface area contributed by atoms with Crippen molar-refractivity contribution in [1.29, 1.82) is 0 Å². The summed E-state index contributed by atoms with van der Waals surface area (Å²) in [4.78, 5) is 30.0. The number of rotatable bonds is 6. The van der Waals surface area contributed by atoms with Crippen molar-refractivity contribution in [2.24, 2.45) is 5.10 Å². The molecule has 5 rings (SSSR count). The average Bonchev–Trinajstić information content (AvgIpc) is 3.37. The molecule has 3 aromatic carbocycles. The fourth-order valence-corrected chi connectivity index (χ4v) is 4.74. The normalized spacial score (nSPS) is 15.2. The summed E-state index contributed by atoms with van der Waals surface area (Å²) >= 11 is 1.35. The van der Waals surface area contributed by atoms with E-state index in [9.17, 15) is 9.59 Å². The molecule has 35 heavy (non-hydrogen) atoms. The molecule has 0 radical (unpaired) electrons. The maximum absolute atomic E-state index is 13.2. The highest BCUT2D eigenvalue weighted by atomic mass is 32.2. The van der Waals surface area contributed by atoms with Crippen molar-refractivity contribution >= 4 is 40.1 Å². The summed E-state index contributed by atoms with van der Waals surface area (Å²) in [5, 5.41) is 8.97. The molecule has 0 saturated heterocycles. The van der Waals surface area contributed by atoms with E-state index in [1.54, 1.807) is 18.3 Å². The number of carbonyl (C=O) groups excluding carboxylic acids is 2. The van der Waals surface area contributed by atoms with Gasteiger partial charge in [-0.15, -0.1) is 11.8 Å². The quantitative estimate of drug-likeness (QED) is 0.269. The molecule has 0 N–H and O–H groups in total. The smallest absolute Gasteiger partial charge is 0.341 e. The zero-order chi connectivity index (χ0) is 24.2. The Balaban J connectivity index is 1.40. The van der Waals surface area contributed by atoms with Crippen LogP contribution in [0.2, 0.25) is 0 Å². The third-order valence-electron chi connectivity index (χ3n) is 5.94. The predicted molar refractivity (Wildman–Crippen MR) is 137 cm³/mol. The van der Waals surface area contributed by atoms with Crippen LogP contribution in [0.25, 0.3) is 10.8 Å². The summed E-state index contributed by atoms with van der Waals surface area (Å²) in [7, 11) is 0. The van der Waals surface area contributed by atoms with Gasteiger partial charge >= 0.3 is 5.97 Å². The minimum absolute atomic E-state index is 0.274. The molecule has 174 valence electrons. The first-order valence-corrected chi connectivity index (χ1v) is 12.5. The molecular formula is C28H23N3O3S. The van der Waals surface area contributed by atoms with E-state index in [-0.39, 0.29) is 11.9 Å². The number of hydrazone groups is 1. The Morgan fingerprint density at radius 2 is 1.74 bits per heavy atom. The van der Waals surface area contributed by atoms with Crippen molar-refractivity contribution in [3.8, 4) is 0 Å². The van der Waals surface area contributed by atoms with E-state index >= 15 is 0 Å². The molecule has 0 bridgehead atoms. The second-order valence-corrected chi connectivity index (χ2v) is 8.91. The average molecular weight is 482 g/mol. The SMILES string of the molecule is CSc1ncccc1C(=O)OCC(=O)N1N=C(c2ccc3ccccc3c2)CC1c1ccccc1. The number of fused-ring (bicyclic) bond motifs is 1. The molecule has 6 nitrogen and oxygen atoms in total. The molecule has 0 saturated carbocycles. The standard InChI is InChI=1S/C28H23N3O3S/c1-35-27-23(12-7-15-29-27)28(33)34-18-26(32)31-25(20-9-3-2-4-10-20)17-24(30-31)22-14-13-19-8-5-6-11-21(19)16-22/h2-16,25H,17-18H2,1H3. The molecule has 1 aliphatic heterocycles. The van der Waals surface area contributed by atoms with E-state index in [0.717, 1.165) is 27.6 Å². The highest BCUT2D eigenvalue weighted by Crippen LogP contribution is 2.33. The minimum atomic E-state index is -0.579. The van der Waals surface area contributed by atoms with Crippen LogP contribution >= 0.6 is 11.8 Å². The van der Waals surface area contributed by atoms with E-state index in [4.69, 9.17) is 9.84 Å². The molecule has 1 aliphatic rings. The van der Waals surface area contributed by atoms with Gasteiger partial charge < -0.3 is 4.74 Å². The Kier molecular flexibility index (Phi) is 6.59. The van der Waals surface area contributed by atoms with Crippen LogP contribution in [-0.2, 0) is 9.53 Å². The van der Waals surface area contributed by atoms with Crippen LogP contribution in [0.3, 0.4) is 0 Å². The number of hydrogen-bond donors (Lipinski definition) is 0. The molecular weight excluding hydrogens is 458 g/mol. The number of nitrogens with zero attached hydrogens (tertiary/aromatic N) is 3. The monoisotopic (exact) mass is 481 g/mol. The number of aromatic nitrogens is 1. The van der Waals surface area contributed by atoms with Crippen molar-refractivity contribution in [2.75, 3.05) is 12.9 Å². The van der Waals surface area contributed by atoms with Gasteiger partial charge in [0.05, 0.1) is 17.3 Å². The van der Waals surface area contributed by atoms with Crippen LogP contribution in [-0.4, -0.2) is 40.4 Å². The van der Waals surface area contributed by atoms with Crippen LogP contribution in [0, 0.1) is 0 Å². The van der Waals surface area contributed by atoms with Crippen LogP contribution in [0.5, 0.6) is 0 Å². The minimum Gasteiger partial charge on any atom is -0.452 e. The van der Waals surface area contributed by atoms with Crippen LogP contribution in [0.4, 0.5) is 0 Å². The number of amides is 1. The lowest BCUT2D eigenvalue weighted by molar-refractivity contribution is -0.136. The molecule has 7 heteroatoms. The Morgan fingerprint density at radius 3 is 2.54 bits per heavy atom. The summed E-state index contributed by atoms with van der Waals surface area (Å²) in [6.07, 6.45) is 4.02. The summed E-state index contributed by atoms with van der Waals surface area (Å²) in [5.74, 6) is -0.956. The molecule has 0 spiro atoms. The number of ether oxygens (including phenoxy) is 1. The van der Waals surface area contributed by atoms with Crippen molar-refractivity contribution in [3.63, 3.8) is 0 Å². The predicted octanol–water partition coefficient (Wildman–Crippen LogP) is 5.49. The first-order chi connectivity index (χ1) is 17.1. The molecule has 2 heterocycles. The first kappa shape index (κ1) is 22.8. The second kappa shape index (κ2) is 10.1. The Hall–Kier alpha value is -3.97. The van der Waals surface area contributed by atoms with Gasteiger partial charge in [-0.3, -0.25) is 4.79 Å². The summed E-state index contributed by atoms with van der Waals surface area (Å²) < 4.78 is 5.37. The van der Waals surface area contributed by atoms with Crippen LogP contribution in [0.1, 0.15) is 33.9 Å². The number of pyridine rings is 1. The molecule has 0 aliphatic carbocycles. The van der Waals surface area contributed by atoms with Gasteiger partial charge in [0.1, 0.15) is 5.03 Å².